The van der Waals surface area contributed by atoms with Crippen LogP contribution in [-0.4, -0.2) is 35.2 Å². The summed E-state index contributed by atoms with van der Waals surface area (Å²) in [7, 11) is 0. The van der Waals surface area contributed by atoms with Crippen molar-refractivity contribution in [3.63, 3.8) is 0 Å². The van der Waals surface area contributed by atoms with Crippen LogP contribution in [0.1, 0.15) is 118 Å². The number of ketones is 1. The first kappa shape index (κ1) is 41.8. The Morgan fingerprint density at radius 3 is 1.71 bits per heavy atom. The summed E-state index contributed by atoms with van der Waals surface area (Å²) in [4.78, 5) is 44.0. The van der Waals surface area contributed by atoms with Gasteiger partial charge in [0.15, 0.2) is 5.78 Å². The van der Waals surface area contributed by atoms with Gasteiger partial charge in [-0.25, -0.2) is 0 Å². The first-order valence-corrected chi connectivity index (χ1v) is 12.1. The molecule has 1 amide bonds. The van der Waals surface area contributed by atoms with Crippen molar-refractivity contribution in [2.45, 2.75) is 129 Å². The Hall–Kier alpha value is 0.676. The maximum Gasteiger partial charge on any atom is 1.00 e. The average Bonchev–Trinajstić information content (AvgIpc) is 2.72. The second kappa shape index (κ2) is 26.7. The van der Waals surface area contributed by atoms with Gasteiger partial charge in [0.25, 0.3) is 0 Å². The minimum absolute atomic E-state index is 0. The van der Waals surface area contributed by atoms with Crippen LogP contribution in [0.4, 0.5) is 0 Å². The number of unbranched alkanes of at least 4 members (excludes halogenated alkanes) is 8. The van der Waals surface area contributed by atoms with E-state index in [0.29, 0.717) is 19.3 Å². The van der Waals surface area contributed by atoms with Crippen molar-refractivity contribution in [3.05, 3.63) is 0 Å². The SMILES string of the molecule is CCCCCCC(NC(C)=O)C(=O)[O-].CCCCCCCCC(N)(C(=O)[O-])C(=O)CCC.[K+].[Na+]. The number of carboxylic acids is 2. The van der Waals surface area contributed by atoms with Gasteiger partial charge in [-0.2, -0.15) is 0 Å². The zero-order chi connectivity index (χ0) is 25.0. The van der Waals surface area contributed by atoms with Gasteiger partial charge >= 0.3 is 80.9 Å². The monoisotopic (exact) mass is 518 g/mol. The van der Waals surface area contributed by atoms with Crippen molar-refractivity contribution >= 4 is 23.6 Å². The van der Waals surface area contributed by atoms with E-state index in [1.807, 2.05) is 6.92 Å². The van der Waals surface area contributed by atoms with Crippen LogP contribution < -0.4 is 102 Å². The molecule has 188 valence electrons. The molecule has 0 aliphatic rings. The van der Waals surface area contributed by atoms with Gasteiger partial charge in [0.2, 0.25) is 5.91 Å². The normalized spacial score (nSPS) is 12.5. The molecule has 34 heavy (non-hydrogen) atoms. The van der Waals surface area contributed by atoms with E-state index < -0.39 is 29.3 Å². The molecule has 0 bridgehead atoms. The summed E-state index contributed by atoms with van der Waals surface area (Å²) in [6, 6.07) is -0.829. The van der Waals surface area contributed by atoms with Crippen LogP contribution in [0.3, 0.4) is 0 Å². The van der Waals surface area contributed by atoms with Crippen molar-refractivity contribution in [2.24, 2.45) is 5.73 Å². The third kappa shape index (κ3) is 21.9. The van der Waals surface area contributed by atoms with Crippen LogP contribution in [0, 0.1) is 0 Å². The van der Waals surface area contributed by atoms with E-state index in [0.717, 1.165) is 44.9 Å². The molecular formula is C24H44KN2NaO6. The third-order valence-electron chi connectivity index (χ3n) is 5.27. The number of hydrogen-bond donors (Lipinski definition) is 2. The standard InChI is InChI=1S/C14H27NO3.C10H19NO3.K.Na/c1-3-5-6-7-8-9-11-14(15,13(17)18)12(16)10-4-2;1-3-4-5-6-7-9(10(13)14)11-8(2)12;;/h3-11,15H2,1-2H3,(H,17,18);9H,3-7H2,1-2H3,(H,11,12)(H,13,14);;/q;;2*+1/p-2. The fourth-order valence-electron chi connectivity index (χ4n) is 3.26. The van der Waals surface area contributed by atoms with Crippen molar-refractivity contribution in [1.82, 2.24) is 5.32 Å². The average molecular weight is 519 g/mol. The number of aliphatic carboxylic acids is 2. The molecule has 0 fully saturated rings. The van der Waals surface area contributed by atoms with Gasteiger partial charge in [-0.3, -0.25) is 9.59 Å². The molecule has 0 aliphatic heterocycles. The quantitative estimate of drug-likeness (QED) is 0.106. The number of rotatable bonds is 18. The fourth-order valence-corrected chi connectivity index (χ4v) is 3.26. The zero-order valence-corrected chi connectivity index (χ0v) is 27.6. The Morgan fingerprint density at radius 1 is 0.824 bits per heavy atom. The second-order valence-electron chi connectivity index (χ2n) is 8.37. The Bertz CT molecular complexity index is 566. The van der Waals surface area contributed by atoms with Crippen LogP contribution in [-0.2, 0) is 19.2 Å². The van der Waals surface area contributed by atoms with E-state index in [2.05, 4.69) is 19.2 Å². The molecule has 0 aromatic carbocycles. The molecule has 0 aliphatic carbocycles. The van der Waals surface area contributed by atoms with Gasteiger partial charge in [0.05, 0.1) is 18.0 Å². The van der Waals surface area contributed by atoms with Crippen LogP contribution >= 0.6 is 0 Å². The maximum atomic E-state index is 11.7. The molecule has 0 aromatic heterocycles. The number of carbonyl (C=O) groups is 4. The number of Topliss-reactive ketones (excluding diaryl/α,β-unsaturated/α-hetero) is 1. The Balaban J connectivity index is -0.000000257. The molecule has 2 atom stereocenters. The first-order valence-electron chi connectivity index (χ1n) is 12.1. The van der Waals surface area contributed by atoms with E-state index in [4.69, 9.17) is 5.73 Å². The molecule has 0 saturated heterocycles. The van der Waals surface area contributed by atoms with E-state index in [1.165, 1.54) is 19.8 Å². The second-order valence-corrected chi connectivity index (χ2v) is 8.37. The van der Waals surface area contributed by atoms with Gasteiger partial charge in [0, 0.05) is 13.3 Å². The minimum atomic E-state index is -1.78. The Morgan fingerprint density at radius 2 is 1.29 bits per heavy atom. The van der Waals surface area contributed by atoms with Crippen molar-refractivity contribution in [3.8, 4) is 0 Å². The predicted octanol–water partition coefficient (Wildman–Crippen LogP) is -4.23. The molecule has 0 aromatic rings. The van der Waals surface area contributed by atoms with E-state index >= 15 is 0 Å². The van der Waals surface area contributed by atoms with Gasteiger partial charge in [-0.05, 0) is 19.3 Å². The molecule has 10 heteroatoms. The Labute approximate surface area is 271 Å². The molecule has 2 unspecified atom stereocenters. The summed E-state index contributed by atoms with van der Waals surface area (Å²) >= 11 is 0. The number of hydrogen-bond acceptors (Lipinski definition) is 7. The molecule has 8 nitrogen and oxygen atoms in total. The number of carboxylic acid groups (broad SMARTS) is 2. The summed E-state index contributed by atoms with van der Waals surface area (Å²) in [6.07, 6.45) is 11.7. The van der Waals surface area contributed by atoms with E-state index in [-0.39, 0.29) is 99.7 Å². The molecule has 0 radical (unpaired) electrons. The summed E-state index contributed by atoms with van der Waals surface area (Å²) in [5, 5.41) is 24.0. The molecule has 0 heterocycles. The molecule has 3 N–H and O–H groups in total. The summed E-state index contributed by atoms with van der Waals surface area (Å²) < 4.78 is 0. The maximum absolute atomic E-state index is 11.7. The van der Waals surface area contributed by atoms with Crippen LogP contribution in [0.2, 0.25) is 0 Å². The van der Waals surface area contributed by atoms with E-state index in [1.54, 1.807) is 0 Å². The number of nitrogens with one attached hydrogen (secondary N) is 1. The molecular weight excluding hydrogens is 474 g/mol. The largest absolute Gasteiger partial charge is 1.00 e. The van der Waals surface area contributed by atoms with Crippen LogP contribution in [0.25, 0.3) is 0 Å². The van der Waals surface area contributed by atoms with Gasteiger partial charge in [0.1, 0.15) is 5.54 Å². The molecule has 0 spiro atoms. The number of carbonyl (C=O) groups excluding carboxylic acids is 4. The third-order valence-corrected chi connectivity index (χ3v) is 5.27. The summed E-state index contributed by atoms with van der Waals surface area (Å²) in [5.74, 6) is -3.36. The van der Waals surface area contributed by atoms with Gasteiger partial charge in [-0.15, -0.1) is 0 Å². The van der Waals surface area contributed by atoms with Crippen LogP contribution in [0.15, 0.2) is 0 Å². The van der Waals surface area contributed by atoms with Crippen molar-refractivity contribution in [1.29, 1.82) is 0 Å². The minimum Gasteiger partial charge on any atom is -0.548 e. The van der Waals surface area contributed by atoms with E-state index in [9.17, 15) is 29.4 Å². The topological polar surface area (TPSA) is 152 Å². The molecule has 0 saturated carbocycles. The van der Waals surface area contributed by atoms with Crippen molar-refractivity contribution in [2.75, 3.05) is 0 Å². The molecule has 0 rings (SSSR count). The number of nitrogens with two attached hydrogens (primary N) is 1. The first-order chi connectivity index (χ1) is 15.1. The fraction of sp³-hybridized carbons (Fsp3) is 0.833. The van der Waals surface area contributed by atoms with Crippen molar-refractivity contribution < 1.29 is 110 Å². The smallest absolute Gasteiger partial charge is 0.548 e. The van der Waals surface area contributed by atoms with Gasteiger partial charge in [-0.1, -0.05) is 85.0 Å². The summed E-state index contributed by atoms with van der Waals surface area (Å²) in [6.45, 7) is 7.37. The predicted molar refractivity (Wildman–Crippen MR) is 121 cm³/mol. The van der Waals surface area contributed by atoms with Crippen LogP contribution in [0.5, 0.6) is 0 Å². The zero-order valence-electron chi connectivity index (χ0n) is 22.5. The Kier molecular flexibility index (Phi) is 32.9. The number of amides is 1. The van der Waals surface area contributed by atoms with Gasteiger partial charge < -0.3 is 30.9 Å². The summed E-state index contributed by atoms with van der Waals surface area (Å²) in [5.41, 5.74) is 3.92.